The lowest BCUT2D eigenvalue weighted by Crippen LogP contribution is -2.21. The Labute approximate surface area is 162 Å². The van der Waals surface area contributed by atoms with Gasteiger partial charge in [0.2, 0.25) is 5.89 Å². The van der Waals surface area contributed by atoms with Gasteiger partial charge < -0.3 is 4.42 Å². The Morgan fingerprint density at radius 1 is 1.21 bits per heavy atom. The normalized spacial score (nSPS) is 11.4. The summed E-state index contributed by atoms with van der Waals surface area (Å²) in [6, 6.07) is 13.0. The SMILES string of the molecule is Cc1nn(-c2ccc(-c3n[nH]c(=S)o3)cc2)c(=O)n1/N=C/c1ccccc1F. The van der Waals surface area contributed by atoms with Gasteiger partial charge in [-0.3, -0.25) is 0 Å². The molecule has 0 aliphatic carbocycles. The van der Waals surface area contributed by atoms with Gasteiger partial charge in [0.15, 0.2) is 5.82 Å². The van der Waals surface area contributed by atoms with Crippen LogP contribution in [0.3, 0.4) is 0 Å². The number of halogens is 1. The van der Waals surface area contributed by atoms with E-state index in [9.17, 15) is 9.18 Å². The fraction of sp³-hybridized carbons (Fsp3) is 0.0556. The lowest BCUT2D eigenvalue weighted by atomic mass is 10.2. The van der Waals surface area contributed by atoms with E-state index in [-0.39, 0.29) is 10.4 Å². The number of aromatic nitrogens is 5. The van der Waals surface area contributed by atoms with E-state index in [0.717, 1.165) is 4.68 Å². The quantitative estimate of drug-likeness (QED) is 0.423. The van der Waals surface area contributed by atoms with Crippen LogP contribution in [-0.4, -0.2) is 30.9 Å². The highest BCUT2D eigenvalue weighted by Crippen LogP contribution is 2.18. The highest BCUT2D eigenvalue weighted by Gasteiger charge is 2.12. The minimum absolute atomic E-state index is 0.178. The van der Waals surface area contributed by atoms with Crippen molar-refractivity contribution < 1.29 is 8.81 Å². The number of hydrogen-bond donors (Lipinski definition) is 1. The summed E-state index contributed by atoms with van der Waals surface area (Å²) in [6.45, 7) is 1.64. The largest absolute Gasteiger partial charge is 0.409 e. The van der Waals surface area contributed by atoms with Crippen LogP contribution in [0.4, 0.5) is 4.39 Å². The average Bonchev–Trinajstić information content (AvgIpc) is 3.25. The molecule has 0 saturated carbocycles. The van der Waals surface area contributed by atoms with Gasteiger partial charge in [0.25, 0.3) is 4.84 Å². The number of hydrogen-bond acceptors (Lipinski definition) is 6. The van der Waals surface area contributed by atoms with Crippen molar-refractivity contribution in [3.63, 3.8) is 0 Å². The minimum atomic E-state index is -0.477. The van der Waals surface area contributed by atoms with Crippen molar-refractivity contribution in [1.29, 1.82) is 0 Å². The maximum atomic E-state index is 13.7. The molecule has 0 aliphatic heterocycles. The van der Waals surface area contributed by atoms with Crippen LogP contribution >= 0.6 is 12.2 Å². The van der Waals surface area contributed by atoms with Crippen LogP contribution in [-0.2, 0) is 0 Å². The molecule has 1 N–H and O–H groups in total. The van der Waals surface area contributed by atoms with Gasteiger partial charge in [-0.25, -0.2) is 14.3 Å². The molecule has 140 valence electrons. The second-order valence-corrected chi connectivity index (χ2v) is 6.16. The number of aryl methyl sites for hydroxylation is 1. The van der Waals surface area contributed by atoms with Gasteiger partial charge in [-0.1, -0.05) is 18.2 Å². The van der Waals surface area contributed by atoms with Crippen molar-refractivity contribution in [2.45, 2.75) is 6.92 Å². The van der Waals surface area contributed by atoms with Crippen molar-refractivity contribution in [2.75, 3.05) is 0 Å². The lowest BCUT2D eigenvalue weighted by molar-refractivity contribution is 0.552. The van der Waals surface area contributed by atoms with Gasteiger partial charge in [0.05, 0.1) is 11.9 Å². The number of aromatic amines is 1. The summed E-state index contributed by atoms with van der Waals surface area (Å²) < 4.78 is 21.3. The van der Waals surface area contributed by atoms with Crippen LogP contribution in [0.1, 0.15) is 11.4 Å². The molecule has 0 bridgehead atoms. The van der Waals surface area contributed by atoms with Gasteiger partial charge in [-0.2, -0.15) is 14.5 Å². The van der Waals surface area contributed by atoms with Gasteiger partial charge in [0, 0.05) is 11.1 Å². The third-order valence-electron chi connectivity index (χ3n) is 3.93. The summed E-state index contributed by atoms with van der Waals surface area (Å²) in [5.41, 5.74) is 1.02. The Hall–Kier alpha value is -3.66. The number of nitrogens with one attached hydrogen (secondary N) is 1. The first kappa shape index (κ1) is 17.7. The van der Waals surface area contributed by atoms with Gasteiger partial charge in [-0.05, 0) is 49.5 Å². The molecule has 0 fully saturated rings. The molecule has 8 nitrogen and oxygen atoms in total. The fourth-order valence-electron chi connectivity index (χ4n) is 2.56. The first-order chi connectivity index (χ1) is 13.5. The predicted molar refractivity (Wildman–Crippen MR) is 103 cm³/mol. The van der Waals surface area contributed by atoms with E-state index in [1.165, 1.54) is 17.0 Å². The van der Waals surface area contributed by atoms with Crippen molar-refractivity contribution in [3.8, 4) is 17.1 Å². The summed E-state index contributed by atoms with van der Waals surface area (Å²) in [4.78, 5) is 12.8. The molecule has 4 rings (SSSR count). The maximum Gasteiger partial charge on any atom is 0.371 e. The van der Waals surface area contributed by atoms with Gasteiger partial charge >= 0.3 is 5.69 Å². The third kappa shape index (κ3) is 3.32. The zero-order valence-electron chi connectivity index (χ0n) is 14.5. The monoisotopic (exact) mass is 396 g/mol. The molecule has 4 aromatic rings. The van der Waals surface area contributed by atoms with Gasteiger partial charge in [-0.15, -0.1) is 10.2 Å². The van der Waals surface area contributed by atoms with Crippen LogP contribution in [0, 0.1) is 17.6 Å². The van der Waals surface area contributed by atoms with Crippen molar-refractivity contribution in [2.24, 2.45) is 5.10 Å². The Balaban J connectivity index is 1.66. The first-order valence-corrected chi connectivity index (χ1v) is 8.57. The Morgan fingerprint density at radius 3 is 2.64 bits per heavy atom. The first-order valence-electron chi connectivity index (χ1n) is 8.17. The molecular weight excluding hydrogens is 383 g/mol. The fourth-order valence-corrected chi connectivity index (χ4v) is 2.68. The molecule has 0 spiro atoms. The number of benzene rings is 2. The Morgan fingerprint density at radius 2 is 1.96 bits per heavy atom. The molecule has 2 aromatic carbocycles. The summed E-state index contributed by atoms with van der Waals surface area (Å²) in [6.07, 6.45) is 1.28. The molecule has 0 amide bonds. The van der Waals surface area contributed by atoms with Crippen LogP contribution in [0.15, 0.2) is 62.8 Å². The molecule has 28 heavy (non-hydrogen) atoms. The minimum Gasteiger partial charge on any atom is -0.409 e. The van der Waals surface area contributed by atoms with E-state index >= 15 is 0 Å². The van der Waals surface area contributed by atoms with Crippen LogP contribution in [0.5, 0.6) is 0 Å². The Kier molecular flexibility index (Phi) is 4.53. The predicted octanol–water partition coefficient (Wildman–Crippen LogP) is 3.08. The molecular formula is C18H13FN6O2S. The topological polar surface area (TPSA) is 94.0 Å². The maximum absolute atomic E-state index is 13.7. The second-order valence-electron chi connectivity index (χ2n) is 5.78. The average molecular weight is 396 g/mol. The summed E-state index contributed by atoms with van der Waals surface area (Å²) in [5, 5.41) is 14.8. The van der Waals surface area contributed by atoms with Crippen LogP contribution in [0.2, 0.25) is 0 Å². The van der Waals surface area contributed by atoms with Crippen molar-refractivity contribution in [1.82, 2.24) is 24.7 Å². The summed E-state index contributed by atoms with van der Waals surface area (Å²) in [7, 11) is 0. The van der Waals surface area contributed by atoms with Crippen LogP contribution < -0.4 is 5.69 Å². The summed E-state index contributed by atoms with van der Waals surface area (Å²) in [5.74, 6) is 0.283. The van der Waals surface area contributed by atoms with Crippen LogP contribution in [0.25, 0.3) is 17.1 Å². The Bertz CT molecular complexity index is 1280. The van der Waals surface area contributed by atoms with E-state index < -0.39 is 11.5 Å². The molecule has 0 aliphatic rings. The molecule has 0 saturated heterocycles. The lowest BCUT2D eigenvalue weighted by Gasteiger charge is -2.00. The van der Waals surface area contributed by atoms with E-state index in [2.05, 4.69) is 20.4 Å². The molecule has 10 heteroatoms. The zero-order valence-corrected chi connectivity index (χ0v) is 15.4. The zero-order chi connectivity index (χ0) is 19.7. The number of H-pyrrole nitrogens is 1. The smallest absolute Gasteiger partial charge is 0.371 e. The van der Waals surface area contributed by atoms with Crippen molar-refractivity contribution in [3.05, 3.63) is 81.1 Å². The standard InChI is InChI=1S/C18H13FN6O2S/c1-11-23-25(14-8-6-12(7-9-14)16-21-22-17(28)27-16)18(26)24(11)20-10-13-4-2-3-5-15(13)19/h2-10H,1H3,(H,22,28)/b20-10+. The molecule has 2 aromatic heterocycles. The van der Waals surface area contributed by atoms with E-state index in [1.54, 1.807) is 49.4 Å². The number of rotatable bonds is 4. The van der Waals surface area contributed by atoms with Gasteiger partial charge in [0.1, 0.15) is 5.82 Å². The summed E-state index contributed by atoms with van der Waals surface area (Å²) >= 11 is 4.86. The highest BCUT2D eigenvalue weighted by atomic mass is 32.1. The molecule has 0 atom stereocenters. The van der Waals surface area contributed by atoms with E-state index in [0.29, 0.717) is 23.0 Å². The molecule has 0 unspecified atom stereocenters. The number of nitrogens with zero attached hydrogens (tertiary/aromatic N) is 5. The highest BCUT2D eigenvalue weighted by molar-refractivity contribution is 7.71. The van der Waals surface area contributed by atoms with E-state index in [4.69, 9.17) is 16.6 Å². The molecule has 2 heterocycles. The third-order valence-corrected chi connectivity index (χ3v) is 4.10. The second kappa shape index (κ2) is 7.16. The van der Waals surface area contributed by atoms with Crippen molar-refractivity contribution >= 4 is 18.4 Å². The molecule has 0 radical (unpaired) electrons. The van der Waals surface area contributed by atoms with E-state index in [1.807, 2.05) is 0 Å².